The van der Waals surface area contributed by atoms with Gasteiger partial charge in [0.05, 0.1) is 25.3 Å². The summed E-state index contributed by atoms with van der Waals surface area (Å²) in [6, 6.07) is 7.83. The van der Waals surface area contributed by atoms with E-state index in [0.29, 0.717) is 28.0 Å². The number of amides is 2. The van der Waals surface area contributed by atoms with E-state index in [1.807, 2.05) is 0 Å². The Hall–Kier alpha value is -3.60. The third-order valence-electron chi connectivity index (χ3n) is 4.54. The Morgan fingerprint density at radius 2 is 2.10 bits per heavy atom. The van der Waals surface area contributed by atoms with Crippen molar-refractivity contribution in [3.05, 3.63) is 59.6 Å². The van der Waals surface area contributed by atoms with Crippen LogP contribution in [0.5, 0.6) is 5.75 Å². The Morgan fingerprint density at radius 3 is 2.81 bits per heavy atom. The molecule has 0 aliphatic carbocycles. The Balaban J connectivity index is 1.66. The van der Waals surface area contributed by atoms with Gasteiger partial charge in [-0.15, -0.1) is 5.10 Å². The third-order valence-corrected chi connectivity index (χ3v) is 5.41. The molecular weight excluding hydrogens is 420 g/mol. The Bertz CT molecular complexity index is 1110. The van der Waals surface area contributed by atoms with Gasteiger partial charge in [-0.25, -0.2) is 19.1 Å². The summed E-state index contributed by atoms with van der Waals surface area (Å²) < 4.78 is 12.0. The molecule has 2 N–H and O–H groups in total. The maximum absolute atomic E-state index is 12.8. The fourth-order valence-corrected chi connectivity index (χ4v) is 3.93. The first-order chi connectivity index (χ1) is 15.1. The quantitative estimate of drug-likeness (QED) is 0.423. The van der Waals surface area contributed by atoms with E-state index in [2.05, 4.69) is 25.7 Å². The summed E-state index contributed by atoms with van der Waals surface area (Å²) in [5.41, 5.74) is 1.51. The molecule has 1 unspecified atom stereocenters. The van der Waals surface area contributed by atoms with E-state index in [0.717, 1.165) is 5.56 Å². The molecule has 2 amide bonds. The molecule has 2 aromatic heterocycles. The number of fused-ring (bicyclic) bond motifs is 1. The monoisotopic (exact) mass is 440 g/mol. The van der Waals surface area contributed by atoms with Crippen molar-refractivity contribution in [1.82, 2.24) is 30.2 Å². The van der Waals surface area contributed by atoms with Crippen molar-refractivity contribution in [3.8, 4) is 5.75 Å². The lowest BCUT2D eigenvalue weighted by molar-refractivity contribution is -0.139. The maximum Gasteiger partial charge on any atom is 0.338 e. The molecule has 4 rings (SSSR count). The minimum absolute atomic E-state index is 0.214. The molecule has 1 aliphatic heterocycles. The molecule has 0 saturated heterocycles. The molecule has 3 aromatic rings. The summed E-state index contributed by atoms with van der Waals surface area (Å²) in [5.74, 6) is 0.907. The van der Waals surface area contributed by atoms with Crippen LogP contribution in [0.25, 0.3) is 5.78 Å². The van der Waals surface area contributed by atoms with Crippen LogP contribution in [0, 0.1) is 0 Å². The fourth-order valence-electron chi connectivity index (χ4n) is 3.14. The highest BCUT2D eigenvalue weighted by molar-refractivity contribution is 7.99. The molecule has 31 heavy (non-hydrogen) atoms. The number of ether oxygens (including phenoxy) is 2. The largest absolute Gasteiger partial charge is 0.497 e. The van der Waals surface area contributed by atoms with Gasteiger partial charge in [0, 0.05) is 23.8 Å². The summed E-state index contributed by atoms with van der Waals surface area (Å²) >= 11 is 1.29. The van der Waals surface area contributed by atoms with Crippen LogP contribution >= 0.6 is 11.8 Å². The van der Waals surface area contributed by atoms with Gasteiger partial charge in [0.25, 0.3) is 5.78 Å². The molecular formula is C20H20N6O4S. The van der Waals surface area contributed by atoms with Crippen LogP contribution < -0.4 is 15.4 Å². The highest BCUT2D eigenvalue weighted by Gasteiger charge is 2.33. The van der Waals surface area contributed by atoms with Crippen molar-refractivity contribution in [3.63, 3.8) is 0 Å². The van der Waals surface area contributed by atoms with Crippen LogP contribution in [0.1, 0.15) is 18.5 Å². The second-order valence-electron chi connectivity index (χ2n) is 6.46. The summed E-state index contributed by atoms with van der Waals surface area (Å²) in [4.78, 5) is 33.7. The number of hydrogen-bond acceptors (Lipinski definition) is 8. The highest BCUT2D eigenvalue weighted by Crippen LogP contribution is 2.31. The fraction of sp³-hybridized carbons (Fsp3) is 0.250. The van der Waals surface area contributed by atoms with E-state index in [-0.39, 0.29) is 12.4 Å². The first-order valence-electron chi connectivity index (χ1n) is 9.51. The first kappa shape index (κ1) is 20.7. The van der Waals surface area contributed by atoms with Gasteiger partial charge in [-0.2, -0.15) is 4.98 Å². The molecule has 160 valence electrons. The number of aromatic nitrogens is 4. The molecule has 1 atom stereocenters. The molecule has 0 saturated carbocycles. The van der Waals surface area contributed by atoms with Crippen LogP contribution in [0.3, 0.4) is 0 Å². The van der Waals surface area contributed by atoms with Crippen LogP contribution in [0.4, 0.5) is 4.79 Å². The average molecular weight is 440 g/mol. The predicted molar refractivity (Wildman–Crippen MR) is 113 cm³/mol. The van der Waals surface area contributed by atoms with E-state index in [1.165, 1.54) is 11.8 Å². The number of thioether (sulfide) groups is 1. The third kappa shape index (κ3) is 4.45. The van der Waals surface area contributed by atoms with Gasteiger partial charge >= 0.3 is 12.0 Å². The van der Waals surface area contributed by atoms with Crippen molar-refractivity contribution < 1.29 is 19.1 Å². The van der Waals surface area contributed by atoms with Gasteiger partial charge in [-0.1, -0.05) is 23.9 Å². The van der Waals surface area contributed by atoms with Gasteiger partial charge in [0.2, 0.25) is 5.16 Å². The van der Waals surface area contributed by atoms with E-state index in [4.69, 9.17) is 9.47 Å². The minimum Gasteiger partial charge on any atom is -0.497 e. The summed E-state index contributed by atoms with van der Waals surface area (Å²) in [6.07, 6.45) is 3.38. The van der Waals surface area contributed by atoms with Crippen molar-refractivity contribution >= 4 is 29.5 Å². The normalized spacial score (nSPS) is 16.1. The number of carbonyl (C=O) groups is 2. The van der Waals surface area contributed by atoms with E-state index >= 15 is 0 Å². The van der Waals surface area contributed by atoms with Gasteiger partial charge in [0.15, 0.2) is 0 Å². The second-order valence-corrected chi connectivity index (χ2v) is 7.41. The number of nitrogens with one attached hydrogen (secondary N) is 2. The number of hydrogen-bond donors (Lipinski definition) is 2. The van der Waals surface area contributed by atoms with Crippen molar-refractivity contribution in [1.29, 1.82) is 0 Å². The lowest BCUT2D eigenvalue weighted by Gasteiger charge is -2.29. The molecule has 0 radical (unpaired) electrons. The number of urea groups is 1. The molecule has 0 bridgehead atoms. The summed E-state index contributed by atoms with van der Waals surface area (Å²) in [5, 5.41) is 10.4. The zero-order valence-corrected chi connectivity index (χ0v) is 17.7. The van der Waals surface area contributed by atoms with Gasteiger partial charge in [-0.05, 0) is 30.7 Å². The van der Waals surface area contributed by atoms with Gasteiger partial charge < -0.3 is 20.1 Å². The second kappa shape index (κ2) is 9.04. The SMILES string of the molecule is CCOC(=O)C1=C(CSc2nc3ncccn3n2)NC(=O)NC1c1ccc(OC)cc1. The van der Waals surface area contributed by atoms with Gasteiger partial charge in [-0.3, -0.25) is 0 Å². The lowest BCUT2D eigenvalue weighted by atomic mass is 9.95. The lowest BCUT2D eigenvalue weighted by Crippen LogP contribution is -2.46. The van der Waals surface area contributed by atoms with E-state index in [1.54, 1.807) is 61.3 Å². The standard InChI is InChI=1S/C20H20N6O4S/c1-3-30-17(27)15-14(11-31-20-24-18-21-9-4-10-26(18)25-20)22-19(28)23-16(15)12-5-7-13(29-2)8-6-12/h4-10,16H,3,11H2,1-2H3,(H2,22,23,28). The number of methoxy groups -OCH3 is 1. The number of rotatable bonds is 7. The summed E-state index contributed by atoms with van der Waals surface area (Å²) in [7, 11) is 1.57. The highest BCUT2D eigenvalue weighted by atomic mass is 32.2. The zero-order chi connectivity index (χ0) is 21.8. The smallest absolute Gasteiger partial charge is 0.338 e. The Morgan fingerprint density at radius 1 is 1.29 bits per heavy atom. The van der Waals surface area contributed by atoms with E-state index < -0.39 is 18.0 Å². The molecule has 11 heteroatoms. The number of benzene rings is 1. The molecule has 1 aromatic carbocycles. The molecule has 0 fully saturated rings. The Kier molecular flexibility index (Phi) is 6.03. The molecule has 3 heterocycles. The maximum atomic E-state index is 12.8. The molecule has 10 nitrogen and oxygen atoms in total. The number of esters is 1. The number of carbonyl (C=O) groups excluding carboxylic acids is 2. The topological polar surface area (TPSA) is 120 Å². The molecule has 0 spiro atoms. The zero-order valence-electron chi connectivity index (χ0n) is 16.9. The van der Waals surface area contributed by atoms with Crippen LogP contribution in [-0.2, 0) is 9.53 Å². The van der Waals surface area contributed by atoms with Crippen molar-refractivity contribution in [2.24, 2.45) is 0 Å². The number of nitrogens with zero attached hydrogens (tertiary/aromatic N) is 4. The minimum atomic E-state index is -0.662. The summed E-state index contributed by atoms with van der Waals surface area (Å²) in [6.45, 7) is 1.95. The average Bonchev–Trinajstić information content (AvgIpc) is 3.20. The van der Waals surface area contributed by atoms with Crippen LogP contribution in [-0.4, -0.2) is 51.1 Å². The van der Waals surface area contributed by atoms with Crippen LogP contribution in [0.15, 0.2) is 59.2 Å². The van der Waals surface area contributed by atoms with Crippen molar-refractivity contribution in [2.75, 3.05) is 19.5 Å². The van der Waals surface area contributed by atoms with Crippen molar-refractivity contribution in [2.45, 2.75) is 18.1 Å². The Labute approximate surface area is 182 Å². The van der Waals surface area contributed by atoms with E-state index in [9.17, 15) is 9.59 Å². The van der Waals surface area contributed by atoms with Gasteiger partial charge in [0.1, 0.15) is 5.75 Å². The first-order valence-corrected chi connectivity index (χ1v) is 10.5. The predicted octanol–water partition coefficient (Wildman–Crippen LogP) is 2.10. The molecule has 1 aliphatic rings. The van der Waals surface area contributed by atoms with Crippen LogP contribution in [0.2, 0.25) is 0 Å².